The van der Waals surface area contributed by atoms with Crippen LogP contribution in [-0.4, -0.2) is 47.8 Å². The Morgan fingerprint density at radius 2 is 1.41 bits per heavy atom. The van der Waals surface area contributed by atoms with Crippen molar-refractivity contribution in [2.75, 3.05) is 6.61 Å². The minimum absolute atomic E-state index is 0.180. The molecule has 0 saturated carbocycles. The summed E-state index contributed by atoms with van der Waals surface area (Å²) < 4.78 is 21.8. The maximum atomic E-state index is 12.5. The highest BCUT2D eigenvalue weighted by Crippen LogP contribution is 2.31. The third kappa shape index (κ3) is 5.42. The molecule has 3 rings (SSSR count). The molecule has 0 N–H and O–H groups in total. The van der Waals surface area contributed by atoms with E-state index >= 15 is 0 Å². The summed E-state index contributed by atoms with van der Waals surface area (Å²) in [6.45, 7) is 1.07. The second kappa shape index (κ2) is 9.67. The highest BCUT2D eigenvalue weighted by atomic mass is 79.9. The van der Waals surface area contributed by atoms with E-state index in [1.165, 1.54) is 6.92 Å². The zero-order valence-corrected chi connectivity index (χ0v) is 17.1. The van der Waals surface area contributed by atoms with E-state index in [1.54, 1.807) is 60.7 Å². The Hall–Kier alpha value is -2.71. The first-order chi connectivity index (χ1) is 14.0. The molecule has 1 aliphatic rings. The number of benzene rings is 2. The number of carbonyl (C=O) groups is 3. The minimum Gasteiger partial charge on any atom is -0.459 e. The molecule has 2 aromatic carbocycles. The van der Waals surface area contributed by atoms with Crippen molar-refractivity contribution < 1.29 is 33.3 Å². The Morgan fingerprint density at radius 3 is 1.97 bits per heavy atom. The van der Waals surface area contributed by atoms with E-state index in [9.17, 15) is 14.4 Å². The predicted octanol–water partition coefficient (Wildman–Crippen LogP) is 3.12. The molecule has 7 nitrogen and oxygen atoms in total. The van der Waals surface area contributed by atoms with Crippen molar-refractivity contribution in [1.82, 2.24) is 0 Å². The lowest BCUT2D eigenvalue weighted by Crippen LogP contribution is -2.40. The maximum Gasteiger partial charge on any atom is 0.338 e. The Kier molecular flexibility index (Phi) is 7.00. The van der Waals surface area contributed by atoms with Crippen LogP contribution in [0.15, 0.2) is 60.7 Å². The molecule has 1 fully saturated rings. The van der Waals surface area contributed by atoms with Crippen LogP contribution in [-0.2, 0) is 23.7 Å². The predicted molar refractivity (Wildman–Crippen MR) is 106 cm³/mol. The van der Waals surface area contributed by atoms with Gasteiger partial charge in [-0.05, 0) is 24.3 Å². The lowest BCUT2D eigenvalue weighted by Gasteiger charge is -2.23. The Labute approximate surface area is 176 Å². The van der Waals surface area contributed by atoms with Gasteiger partial charge in [0.25, 0.3) is 0 Å². The van der Waals surface area contributed by atoms with Crippen molar-refractivity contribution in [2.24, 2.45) is 0 Å². The number of rotatable bonds is 6. The molecular weight excluding hydrogens is 444 g/mol. The SMILES string of the molecule is CC(=O)O[C@H]1[C@@H](OC(=O)c2ccccc2)[C@H](COC(=O)c2ccccc2)O[C@H]1Br. The fraction of sp³-hybridized carbons (Fsp3) is 0.286. The van der Waals surface area contributed by atoms with Crippen LogP contribution in [0.5, 0.6) is 0 Å². The van der Waals surface area contributed by atoms with Crippen LogP contribution in [0.1, 0.15) is 27.6 Å². The van der Waals surface area contributed by atoms with E-state index in [1.807, 2.05) is 0 Å². The van der Waals surface area contributed by atoms with Gasteiger partial charge in [0, 0.05) is 6.92 Å². The van der Waals surface area contributed by atoms with Gasteiger partial charge < -0.3 is 18.9 Å². The number of hydrogen-bond donors (Lipinski definition) is 0. The quantitative estimate of drug-likeness (QED) is 0.370. The molecule has 1 aliphatic heterocycles. The number of ether oxygens (including phenoxy) is 4. The summed E-state index contributed by atoms with van der Waals surface area (Å²) in [7, 11) is 0. The fourth-order valence-corrected chi connectivity index (χ4v) is 3.54. The van der Waals surface area contributed by atoms with Crippen molar-refractivity contribution in [1.29, 1.82) is 0 Å². The first-order valence-corrected chi connectivity index (χ1v) is 9.82. The summed E-state index contributed by atoms with van der Waals surface area (Å²) >= 11 is 3.28. The Balaban J connectivity index is 1.72. The first kappa shape index (κ1) is 21.0. The summed E-state index contributed by atoms with van der Waals surface area (Å²) in [5.74, 6) is -1.69. The van der Waals surface area contributed by atoms with Crippen LogP contribution in [0.3, 0.4) is 0 Å². The Bertz CT molecular complexity index is 856. The first-order valence-electron chi connectivity index (χ1n) is 8.90. The van der Waals surface area contributed by atoms with Gasteiger partial charge in [-0.15, -0.1) is 0 Å². The topological polar surface area (TPSA) is 88.1 Å². The smallest absolute Gasteiger partial charge is 0.338 e. The third-order valence-electron chi connectivity index (χ3n) is 4.20. The molecule has 4 atom stereocenters. The maximum absolute atomic E-state index is 12.5. The van der Waals surface area contributed by atoms with Gasteiger partial charge in [-0.25, -0.2) is 9.59 Å². The highest BCUT2D eigenvalue weighted by Gasteiger charge is 2.49. The normalized spacial score (nSPS) is 23.2. The van der Waals surface area contributed by atoms with Crippen LogP contribution in [0.25, 0.3) is 0 Å². The van der Waals surface area contributed by atoms with Crippen LogP contribution in [0.2, 0.25) is 0 Å². The molecule has 0 unspecified atom stereocenters. The lowest BCUT2D eigenvalue weighted by atomic mass is 10.1. The van der Waals surface area contributed by atoms with E-state index in [0.717, 1.165) is 0 Å². The summed E-state index contributed by atoms with van der Waals surface area (Å²) in [6, 6.07) is 16.9. The second-order valence-electron chi connectivity index (χ2n) is 6.30. The average molecular weight is 463 g/mol. The van der Waals surface area contributed by atoms with Gasteiger partial charge in [0.2, 0.25) is 0 Å². The van der Waals surface area contributed by atoms with Crippen LogP contribution >= 0.6 is 15.9 Å². The molecule has 0 radical (unpaired) electrons. The minimum atomic E-state index is -0.959. The molecule has 152 valence electrons. The highest BCUT2D eigenvalue weighted by molar-refractivity contribution is 9.09. The molecule has 0 aromatic heterocycles. The Morgan fingerprint density at radius 1 is 0.862 bits per heavy atom. The number of alkyl halides is 1. The standard InChI is InChI=1S/C21H19BrO7/c1-13(23)27-18-17(29-21(25)15-10-6-3-7-11-15)16(28-19(18)22)12-26-20(24)14-8-4-2-5-9-14/h2-11,16-19H,12H2,1H3/t16-,17-,18-,19+/m0/s1. The summed E-state index contributed by atoms with van der Waals surface area (Å²) in [4.78, 5) is 36.2. The van der Waals surface area contributed by atoms with E-state index < -0.39 is 41.2 Å². The third-order valence-corrected chi connectivity index (χ3v) is 4.93. The van der Waals surface area contributed by atoms with Crippen LogP contribution < -0.4 is 0 Å². The van der Waals surface area contributed by atoms with Gasteiger partial charge in [-0.3, -0.25) is 4.79 Å². The molecular formula is C21H19BrO7. The summed E-state index contributed by atoms with van der Waals surface area (Å²) in [6.07, 6.45) is -2.66. The van der Waals surface area contributed by atoms with E-state index in [0.29, 0.717) is 11.1 Å². The average Bonchev–Trinajstić information content (AvgIpc) is 3.01. The van der Waals surface area contributed by atoms with Crippen molar-refractivity contribution in [2.45, 2.75) is 30.2 Å². The fourth-order valence-electron chi connectivity index (χ4n) is 2.85. The summed E-state index contributed by atoms with van der Waals surface area (Å²) in [5, 5.41) is -0.722. The molecule has 1 heterocycles. The molecule has 2 aromatic rings. The molecule has 8 heteroatoms. The number of esters is 3. The monoisotopic (exact) mass is 462 g/mol. The number of hydrogen-bond acceptors (Lipinski definition) is 7. The molecule has 1 saturated heterocycles. The van der Waals surface area contributed by atoms with E-state index in [4.69, 9.17) is 18.9 Å². The lowest BCUT2D eigenvalue weighted by molar-refractivity contribution is -0.151. The summed E-state index contributed by atoms with van der Waals surface area (Å²) in [5.41, 5.74) is 0.724. The largest absolute Gasteiger partial charge is 0.459 e. The van der Waals surface area contributed by atoms with Gasteiger partial charge >= 0.3 is 17.9 Å². The zero-order valence-electron chi connectivity index (χ0n) is 15.5. The number of carbonyl (C=O) groups excluding carboxylic acids is 3. The van der Waals surface area contributed by atoms with Crippen LogP contribution in [0.4, 0.5) is 0 Å². The van der Waals surface area contributed by atoms with Gasteiger partial charge in [-0.1, -0.05) is 52.3 Å². The molecule has 0 aliphatic carbocycles. The van der Waals surface area contributed by atoms with Crippen LogP contribution in [0, 0.1) is 0 Å². The van der Waals surface area contributed by atoms with Gasteiger partial charge in [-0.2, -0.15) is 0 Å². The molecule has 0 amide bonds. The van der Waals surface area contributed by atoms with Crippen molar-refractivity contribution in [3.63, 3.8) is 0 Å². The zero-order chi connectivity index (χ0) is 20.8. The molecule has 0 bridgehead atoms. The van der Waals surface area contributed by atoms with Gasteiger partial charge in [0.05, 0.1) is 11.1 Å². The van der Waals surface area contributed by atoms with Crippen molar-refractivity contribution >= 4 is 33.8 Å². The van der Waals surface area contributed by atoms with Gasteiger partial charge in [0.1, 0.15) is 12.7 Å². The molecule has 0 spiro atoms. The van der Waals surface area contributed by atoms with E-state index in [-0.39, 0.29) is 6.61 Å². The van der Waals surface area contributed by atoms with Crippen molar-refractivity contribution in [3.8, 4) is 0 Å². The van der Waals surface area contributed by atoms with E-state index in [2.05, 4.69) is 15.9 Å². The molecule has 29 heavy (non-hydrogen) atoms. The second-order valence-corrected chi connectivity index (χ2v) is 7.20. The van der Waals surface area contributed by atoms with Crippen molar-refractivity contribution in [3.05, 3.63) is 71.8 Å². The number of halogens is 1. The van der Waals surface area contributed by atoms with Gasteiger partial charge in [0.15, 0.2) is 17.2 Å².